The SMILES string of the molecule is CC/C=C1\CC[C@]23CO[C@H](C2)[C@](C)(O)CC[C@@H]13. The van der Waals surface area contributed by atoms with Crippen LogP contribution in [0.25, 0.3) is 0 Å². The molecule has 0 amide bonds. The van der Waals surface area contributed by atoms with E-state index in [1.54, 1.807) is 5.57 Å². The molecule has 0 aromatic carbocycles. The largest absolute Gasteiger partial charge is 0.387 e. The van der Waals surface area contributed by atoms with Crippen LogP contribution >= 0.6 is 0 Å². The molecule has 0 aromatic rings. The van der Waals surface area contributed by atoms with Gasteiger partial charge in [-0.2, -0.15) is 0 Å². The molecule has 0 unspecified atom stereocenters. The fourth-order valence-corrected chi connectivity index (χ4v) is 4.30. The molecule has 2 nitrogen and oxygen atoms in total. The van der Waals surface area contributed by atoms with Crippen molar-refractivity contribution in [2.75, 3.05) is 6.61 Å². The molecule has 4 atom stereocenters. The molecule has 1 heterocycles. The summed E-state index contributed by atoms with van der Waals surface area (Å²) in [5.41, 5.74) is 1.41. The highest BCUT2D eigenvalue weighted by Crippen LogP contribution is 2.58. The monoisotopic (exact) mass is 236 g/mol. The second kappa shape index (κ2) is 3.83. The highest BCUT2D eigenvalue weighted by atomic mass is 16.5. The van der Waals surface area contributed by atoms with E-state index < -0.39 is 5.60 Å². The smallest absolute Gasteiger partial charge is 0.0880 e. The molecular weight excluding hydrogens is 212 g/mol. The molecule has 0 radical (unpaired) electrons. The third-order valence-electron chi connectivity index (χ3n) is 5.36. The Morgan fingerprint density at radius 2 is 2.29 bits per heavy atom. The minimum atomic E-state index is -0.606. The summed E-state index contributed by atoms with van der Waals surface area (Å²) in [5.74, 6) is 0.682. The van der Waals surface area contributed by atoms with E-state index in [1.807, 2.05) is 6.92 Å². The first-order valence-corrected chi connectivity index (χ1v) is 7.10. The molecule has 2 bridgehead atoms. The van der Waals surface area contributed by atoms with Crippen molar-refractivity contribution < 1.29 is 9.84 Å². The molecule has 17 heavy (non-hydrogen) atoms. The average molecular weight is 236 g/mol. The summed E-state index contributed by atoms with van der Waals surface area (Å²) >= 11 is 0. The number of fused-ring (bicyclic) bond motifs is 1. The molecule has 2 saturated carbocycles. The van der Waals surface area contributed by atoms with Gasteiger partial charge < -0.3 is 9.84 Å². The van der Waals surface area contributed by atoms with Crippen molar-refractivity contribution in [2.45, 2.75) is 64.1 Å². The molecule has 1 saturated heterocycles. The van der Waals surface area contributed by atoms with Crippen LogP contribution in [-0.2, 0) is 4.74 Å². The maximum atomic E-state index is 10.5. The summed E-state index contributed by atoms with van der Waals surface area (Å²) in [4.78, 5) is 0. The van der Waals surface area contributed by atoms with E-state index in [9.17, 15) is 5.11 Å². The Morgan fingerprint density at radius 1 is 1.47 bits per heavy atom. The van der Waals surface area contributed by atoms with Crippen LogP contribution in [0.2, 0.25) is 0 Å². The van der Waals surface area contributed by atoms with Gasteiger partial charge in [-0.05, 0) is 51.4 Å². The van der Waals surface area contributed by atoms with Crippen molar-refractivity contribution in [1.82, 2.24) is 0 Å². The standard InChI is InChI=1S/C15H24O2/c1-3-4-11-5-8-15-9-13(17-10-15)14(2,16)7-6-12(11)15/h4,12-13,16H,3,5-10H2,1-2H3/b11-4+/t12-,13+,14+,15+/m0/s1. The van der Waals surface area contributed by atoms with Crippen molar-refractivity contribution in [2.24, 2.45) is 11.3 Å². The quantitative estimate of drug-likeness (QED) is 0.709. The fraction of sp³-hybridized carbons (Fsp3) is 0.867. The first-order valence-electron chi connectivity index (χ1n) is 7.10. The van der Waals surface area contributed by atoms with Gasteiger partial charge in [-0.25, -0.2) is 0 Å². The highest BCUT2D eigenvalue weighted by molar-refractivity contribution is 5.22. The number of allylic oxidation sites excluding steroid dienone is 2. The molecule has 0 aromatic heterocycles. The van der Waals surface area contributed by atoms with Crippen LogP contribution < -0.4 is 0 Å². The van der Waals surface area contributed by atoms with E-state index >= 15 is 0 Å². The molecule has 3 rings (SSSR count). The molecule has 2 heteroatoms. The normalized spacial score (nSPS) is 51.6. The minimum absolute atomic E-state index is 0.0773. The zero-order valence-corrected chi connectivity index (χ0v) is 11.0. The summed E-state index contributed by atoms with van der Waals surface area (Å²) in [5, 5.41) is 10.5. The van der Waals surface area contributed by atoms with Gasteiger partial charge in [0.1, 0.15) is 0 Å². The summed E-state index contributed by atoms with van der Waals surface area (Å²) in [6.07, 6.45) is 9.30. The lowest BCUT2D eigenvalue weighted by Crippen LogP contribution is -2.38. The lowest BCUT2D eigenvalue weighted by molar-refractivity contribution is -0.0837. The maximum absolute atomic E-state index is 10.5. The second-order valence-corrected chi connectivity index (χ2v) is 6.50. The molecule has 96 valence electrons. The van der Waals surface area contributed by atoms with Crippen LogP contribution in [0.5, 0.6) is 0 Å². The fourth-order valence-electron chi connectivity index (χ4n) is 4.30. The first-order chi connectivity index (χ1) is 8.07. The van der Waals surface area contributed by atoms with E-state index in [0.29, 0.717) is 11.3 Å². The van der Waals surface area contributed by atoms with E-state index in [4.69, 9.17) is 4.74 Å². The third-order valence-corrected chi connectivity index (χ3v) is 5.36. The van der Waals surface area contributed by atoms with Gasteiger partial charge in [0.2, 0.25) is 0 Å². The Bertz CT molecular complexity index is 345. The van der Waals surface area contributed by atoms with Crippen LogP contribution in [0, 0.1) is 11.3 Å². The Morgan fingerprint density at radius 3 is 3.06 bits per heavy atom. The number of hydrogen-bond donors (Lipinski definition) is 1. The molecule has 1 N–H and O–H groups in total. The third kappa shape index (κ3) is 1.68. The van der Waals surface area contributed by atoms with Crippen molar-refractivity contribution >= 4 is 0 Å². The van der Waals surface area contributed by atoms with Crippen LogP contribution in [-0.4, -0.2) is 23.4 Å². The first kappa shape index (κ1) is 11.7. The summed E-state index contributed by atoms with van der Waals surface area (Å²) in [7, 11) is 0. The lowest BCUT2D eigenvalue weighted by atomic mass is 9.75. The molecule has 1 spiro atoms. The Labute approximate surface area is 104 Å². The second-order valence-electron chi connectivity index (χ2n) is 6.50. The van der Waals surface area contributed by atoms with Gasteiger partial charge in [-0.3, -0.25) is 0 Å². The summed E-state index contributed by atoms with van der Waals surface area (Å²) in [6, 6.07) is 0. The van der Waals surface area contributed by atoms with E-state index in [-0.39, 0.29) is 6.10 Å². The Balaban J connectivity index is 1.93. The van der Waals surface area contributed by atoms with Crippen molar-refractivity contribution in [3.8, 4) is 0 Å². The van der Waals surface area contributed by atoms with Gasteiger partial charge in [0.25, 0.3) is 0 Å². The molecule has 2 aliphatic carbocycles. The molecule has 1 aliphatic heterocycles. The van der Waals surface area contributed by atoms with E-state index in [1.165, 1.54) is 12.8 Å². The molecule has 3 fully saturated rings. The number of hydrogen-bond acceptors (Lipinski definition) is 2. The van der Waals surface area contributed by atoms with E-state index in [0.717, 1.165) is 32.3 Å². The number of rotatable bonds is 1. The van der Waals surface area contributed by atoms with Crippen LogP contribution in [0.3, 0.4) is 0 Å². The predicted molar refractivity (Wildman–Crippen MR) is 67.7 cm³/mol. The van der Waals surface area contributed by atoms with Crippen molar-refractivity contribution in [3.05, 3.63) is 11.6 Å². The van der Waals surface area contributed by atoms with Crippen molar-refractivity contribution in [1.29, 1.82) is 0 Å². The maximum Gasteiger partial charge on any atom is 0.0880 e. The topological polar surface area (TPSA) is 29.5 Å². The number of aliphatic hydroxyl groups is 1. The predicted octanol–water partition coefficient (Wildman–Crippen LogP) is 3.05. The zero-order valence-electron chi connectivity index (χ0n) is 11.0. The van der Waals surface area contributed by atoms with E-state index in [2.05, 4.69) is 13.0 Å². The van der Waals surface area contributed by atoms with Gasteiger partial charge in [0, 0.05) is 5.41 Å². The molecular formula is C15H24O2. The molecule has 3 aliphatic rings. The number of ether oxygens (including phenoxy) is 1. The van der Waals surface area contributed by atoms with Gasteiger partial charge in [-0.1, -0.05) is 18.6 Å². The highest BCUT2D eigenvalue weighted by Gasteiger charge is 2.56. The minimum Gasteiger partial charge on any atom is -0.387 e. The lowest BCUT2D eigenvalue weighted by Gasteiger charge is -2.31. The van der Waals surface area contributed by atoms with Crippen LogP contribution in [0.4, 0.5) is 0 Å². The van der Waals surface area contributed by atoms with Crippen LogP contribution in [0.1, 0.15) is 52.4 Å². The van der Waals surface area contributed by atoms with Gasteiger partial charge in [0.15, 0.2) is 0 Å². The van der Waals surface area contributed by atoms with Gasteiger partial charge >= 0.3 is 0 Å². The summed E-state index contributed by atoms with van der Waals surface area (Å²) in [6.45, 7) is 5.05. The zero-order chi connectivity index (χ0) is 12.1. The Hall–Kier alpha value is -0.340. The van der Waals surface area contributed by atoms with Gasteiger partial charge in [0.05, 0.1) is 18.3 Å². The summed E-state index contributed by atoms with van der Waals surface area (Å²) < 4.78 is 5.93. The van der Waals surface area contributed by atoms with Crippen molar-refractivity contribution in [3.63, 3.8) is 0 Å². The average Bonchev–Trinajstić information content (AvgIpc) is 2.81. The Kier molecular flexibility index (Phi) is 2.64. The van der Waals surface area contributed by atoms with Crippen LogP contribution in [0.15, 0.2) is 11.6 Å². The van der Waals surface area contributed by atoms with Gasteiger partial charge in [-0.15, -0.1) is 0 Å².